The molecule has 11 rings (SSSR count). The van der Waals surface area contributed by atoms with Gasteiger partial charge >= 0.3 is 0 Å². The molecule has 11 aromatic rings. The van der Waals surface area contributed by atoms with Gasteiger partial charge in [-0.1, -0.05) is 182 Å². The van der Waals surface area contributed by atoms with Crippen LogP contribution in [0, 0.1) is 0 Å². The van der Waals surface area contributed by atoms with E-state index in [0.717, 1.165) is 11.4 Å². The molecular formula is C54H38N2Si. The van der Waals surface area contributed by atoms with E-state index in [1.54, 1.807) is 0 Å². The number of nitrogens with zero attached hydrogens (tertiary/aromatic N) is 2. The minimum atomic E-state index is -2.61. The number of para-hydroxylation sites is 3. The molecule has 2 nitrogen and oxygen atoms in total. The van der Waals surface area contributed by atoms with Crippen LogP contribution in [0.2, 0.25) is 0 Å². The van der Waals surface area contributed by atoms with Crippen molar-refractivity contribution in [3.8, 4) is 22.5 Å². The Hall–Kier alpha value is -7.20. The van der Waals surface area contributed by atoms with E-state index in [1.807, 2.05) is 0 Å². The summed E-state index contributed by atoms with van der Waals surface area (Å²) in [5.74, 6) is 0. The van der Waals surface area contributed by atoms with E-state index in [-0.39, 0.29) is 0 Å². The molecule has 268 valence electrons. The van der Waals surface area contributed by atoms with Gasteiger partial charge in [0.2, 0.25) is 0 Å². The third kappa shape index (κ3) is 5.17. The number of benzene rings is 9. The summed E-state index contributed by atoms with van der Waals surface area (Å²) in [6.45, 7) is 0. The van der Waals surface area contributed by atoms with Crippen molar-refractivity contribution in [2.75, 3.05) is 0 Å². The number of fused-ring (bicyclic) bond motifs is 7. The van der Waals surface area contributed by atoms with Crippen molar-refractivity contribution in [2.24, 2.45) is 0 Å². The molecule has 0 unspecified atom stereocenters. The molecular weight excluding hydrogens is 705 g/mol. The highest BCUT2D eigenvalue weighted by molar-refractivity contribution is 7.19. The van der Waals surface area contributed by atoms with Crippen molar-refractivity contribution >= 4 is 72.4 Å². The van der Waals surface area contributed by atoms with Gasteiger partial charge in [-0.2, -0.15) is 0 Å². The average Bonchev–Trinajstić information content (AvgIpc) is 3.81. The van der Waals surface area contributed by atoms with Crippen LogP contribution in [0.15, 0.2) is 231 Å². The van der Waals surface area contributed by atoms with Crippen molar-refractivity contribution in [3.05, 3.63) is 231 Å². The Morgan fingerprint density at radius 1 is 0.281 bits per heavy atom. The van der Waals surface area contributed by atoms with Gasteiger partial charge in [0.1, 0.15) is 0 Å². The van der Waals surface area contributed by atoms with Gasteiger partial charge in [-0.15, -0.1) is 0 Å². The van der Waals surface area contributed by atoms with Crippen molar-refractivity contribution in [3.63, 3.8) is 0 Å². The molecule has 0 aliphatic rings. The molecule has 0 fully saturated rings. The van der Waals surface area contributed by atoms with Crippen LogP contribution >= 0.6 is 0 Å². The third-order valence-corrected chi connectivity index (χ3v) is 16.7. The molecule has 3 heteroatoms. The summed E-state index contributed by atoms with van der Waals surface area (Å²) in [5, 5.41) is 10.5. The predicted molar refractivity (Wildman–Crippen MR) is 244 cm³/mol. The smallest absolute Gasteiger partial charge is 0.179 e. The zero-order valence-corrected chi connectivity index (χ0v) is 32.3. The lowest BCUT2D eigenvalue weighted by Gasteiger charge is -2.34. The Morgan fingerprint density at radius 3 is 1.30 bits per heavy atom. The van der Waals surface area contributed by atoms with Crippen LogP contribution in [0.5, 0.6) is 0 Å². The number of hydrogen-bond acceptors (Lipinski definition) is 0. The SMILES string of the molecule is c1ccc(-n2c3ccccc3c3c2ccc2c4cc(-c5ccc([Si](c6ccccc6)(c6ccccc6)c6ccccc6)cc5)ccc4n(-c4ccccc4)c23)cc1. The minimum absolute atomic E-state index is 1.16. The molecule has 0 radical (unpaired) electrons. The first-order valence-electron chi connectivity index (χ1n) is 19.7. The second-order valence-electron chi connectivity index (χ2n) is 14.9. The molecule has 0 bridgehead atoms. The molecule has 0 aliphatic carbocycles. The lowest BCUT2D eigenvalue weighted by molar-refractivity contribution is 1.17. The fraction of sp³-hybridized carbons (Fsp3) is 0. The quantitative estimate of drug-likeness (QED) is 0.114. The Labute approximate surface area is 333 Å². The lowest BCUT2D eigenvalue weighted by atomic mass is 10.0. The second-order valence-corrected chi connectivity index (χ2v) is 18.7. The van der Waals surface area contributed by atoms with E-state index in [9.17, 15) is 0 Å². The summed E-state index contributed by atoms with van der Waals surface area (Å²) in [5.41, 5.74) is 9.57. The zero-order valence-electron chi connectivity index (χ0n) is 31.3. The molecule has 2 heterocycles. The van der Waals surface area contributed by atoms with E-state index >= 15 is 0 Å². The van der Waals surface area contributed by atoms with E-state index in [2.05, 4.69) is 240 Å². The fourth-order valence-corrected chi connectivity index (χ4v) is 14.2. The average molecular weight is 743 g/mol. The maximum atomic E-state index is 2.47. The van der Waals surface area contributed by atoms with Gasteiger partial charge in [0.25, 0.3) is 0 Å². The molecule has 0 N–H and O–H groups in total. The Bertz CT molecular complexity index is 3090. The van der Waals surface area contributed by atoms with Gasteiger partial charge in [-0.05, 0) is 80.4 Å². The first-order valence-corrected chi connectivity index (χ1v) is 21.7. The number of aromatic nitrogens is 2. The maximum absolute atomic E-state index is 2.61. The van der Waals surface area contributed by atoms with E-state index < -0.39 is 8.07 Å². The van der Waals surface area contributed by atoms with Crippen molar-refractivity contribution < 1.29 is 0 Å². The minimum Gasteiger partial charge on any atom is -0.309 e. The zero-order chi connectivity index (χ0) is 37.8. The highest BCUT2D eigenvalue weighted by Crippen LogP contribution is 2.42. The van der Waals surface area contributed by atoms with Gasteiger partial charge < -0.3 is 9.13 Å². The van der Waals surface area contributed by atoms with Crippen LogP contribution in [-0.4, -0.2) is 17.2 Å². The second kappa shape index (κ2) is 13.5. The molecule has 0 saturated carbocycles. The van der Waals surface area contributed by atoms with Crippen LogP contribution < -0.4 is 20.7 Å². The van der Waals surface area contributed by atoms with E-state index in [0.29, 0.717) is 0 Å². The molecule has 0 spiro atoms. The number of rotatable bonds is 7. The Balaban J connectivity index is 1.13. The molecule has 2 aromatic heterocycles. The molecule has 0 atom stereocenters. The van der Waals surface area contributed by atoms with E-state index in [1.165, 1.54) is 75.5 Å². The van der Waals surface area contributed by atoms with Crippen LogP contribution in [-0.2, 0) is 0 Å². The summed E-state index contributed by atoms with van der Waals surface area (Å²) in [7, 11) is -2.61. The Kier molecular flexibility index (Phi) is 7.87. The lowest BCUT2D eigenvalue weighted by Crippen LogP contribution is -2.74. The first kappa shape index (κ1) is 33.2. The first-order chi connectivity index (χ1) is 28.3. The summed E-state index contributed by atoms with van der Waals surface area (Å²) in [6.07, 6.45) is 0. The van der Waals surface area contributed by atoms with Crippen molar-refractivity contribution in [1.29, 1.82) is 0 Å². The van der Waals surface area contributed by atoms with Crippen LogP contribution in [0.4, 0.5) is 0 Å². The molecule has 57 heavy (non-hydrogen) atoms. The van der Waals surface area contributed by atoms with Gasteiger partial charge in [0, 0.05) is 32.9 Å². The maximum Gasteiger partial charge on any atom is 0.179 e. The molecule has 9 aromatic carbocycles. The van der Waals surface area contributed by atoms with Gasteiger partial charge in [0.05, 0.1) is 22.1 Å². The molecule has 0 amide bonds. The van der Waals surface area contributed by atoms with Crippen molar-refractivity contribution in [1.82, 2.24) is 9.13 Å². The number of hydrogen-bond donors (Lipinski definition) is 0. The standard InChI is InChI=1S/C54H38N2Si/c1-6-18-41(19-7-1)55-50-29-17-16-28-48(50)53-52(55)37-35-47-49-38-40(32-36-51(49)56(54(47)53)42-20-8-2-9-21-42)39-30-33-46(34-31-39)57(43-22-10-3-11-23-43,44-24-12-4-13-25-44)45-26-14-5-15-27-45/h1-38H. The normalized spacial score (nSPS) is 11.9. The topological polar surface area (TPSA) is 9.86 Å². The van der Waals surface area contributed by atoms with Gasteiger partial charge in [0.15, 0.2) is 8.07 Å². The summed E-state index contributed by atoms with van der Waals surface area (Å²) in [4.78, 5) is 0. The van der Waals surface area contributed by atoms with E-state index in [4.69, 9.17) is 0 Å². The highest BCUT2D eigenvalue weighted by Gasteiger charge is 2.41. The highest BCUT2D eigenvalue weighted by atomic mass is 28.3. The largest absolute Gasteiger partial charge is 0.309 e. The molecule has 0 aliphatic heterocycles. The summed E-state index contributed by atoms with van der Waals surface area (Å²) < 4.78 is 4.88. The van der Waals surface area contributed by atoms with Crippen LogP contribution in [0.1, 0.15) is 0 Å². The van der Waals surface area contributed by atoms with Crippen LogP contribution in [0.25, 0.3) is 66.1 Å². The van der Waals surface area contributed by atoms with Crippen LogP contribution in [0.3, 0.4) is 0 Å². The molecule has 0 saturated heterocycles. The third-order valence-electron chi connectivity index (χ3n) is 11.9. The predicted octanol–water partition coefficient (Wildman–Crippen LogP) is 10.9. The van der Waals surface area contributed by atoms with Gasteiger partial charge in [-0.3, -0.25) is 0 Å². The monoisotopic (exact) mass is 742 g/mol. The van der Waals surface area contributed by atoms with Gasteiger partial charge in [-0.25, -0.2) is 0 Å². The van der Waals surface area contributed by atoms with Crippen molar-refractivity contribution in [2.45, 2.75) is 0 Å². The summed E-state index contributed by atoms with van der Waals surface area (Å²) >= 11 is 0. The fourth-order valence-electron chi connectivity index (χ4n) is 9.42. The Morgan fingerprint density at radius 2 is 0.719 bits per heavy atom. The summed E-state index contributed by atoms with van der Waals surface area (Å²) in [6, 6.07) is 85.0.